The number of hydrogen-bond acceptors (Lipinski definition) is 3. The number of carbonyl (C=O) groups excluding carboxylic acids is 2. The maximum absolute atomic E-state index is 12.3. The van der Waals surface area contributed by atoms with Crippen molar-refractivity contribution < 1.29 is 14.3 Å². The number of halogens is 1. The molecule has 1 amide bonds. The van der Waals surface area contributed by atoms with Crippen molar-refractivity contribution >= 4 is 27.8 Å². The summed E-state index contributed by atoms with van der Waals surface area (Å²) in [5.74, 6) is -0.698. The van der Waals surface area contributed by atoms with E-state index in [1.54, 1.807) is 0 Å². The number of nitrogens with one attached hydrogen (secondary N) is 1. The molecule has 0 heterocycles. The van der Waals surface area contributed by atoms with Crippen LogP contribution in [0.25, 0.3) is 0 Å². The minimum atomic E-state index is -0.697. The number of ether oxygens (including phenoxy) is 1. The molecule has 0 radical (unpaired) electrons. The molecule has 0 spiro atoms. The van der Waals surface area contributed by atoms with Crippen molar-refractivity contribution in [1.29, 1.82) is 0 Å². The first-order valence-corrected chi connectivity index (χ1v) is 8.06. The lowest BCUT2D eigenvalue weighted by atomic mass is 10.1. The lowest BCUT2D eigenvalue weighted by Gasteiger charge is -2.17. The average Bonchev–Trinajstić information content (AvgIpc) is 2.54. The Bertz CT molecular complexity index is 656. The molecule has 0 aromatic heterocycles. The van der Waals surface area contributed by atoms with Crippen LogP contribution in [0.4, 0.5) is 0 Å². The second-order valence-corrected chi connectivity index (χ2v) is 6.09. The Balaban J connectivity index is 2.00. The molecule has 5 heteroatoms. The van der Waals surface area contributed by atoms with E-state index in [0.717, 1.165) is 15.6 Å². The average molecular weight is 376 g/mol. The molecular formula is C18H18BrNO3. The number of amides is 1. The van der Waals surface area contributed by atoms with Crippen LogP contribution in [0.2, 0.25) is 0 Å². The fourth-order valence-corrected chi connectivity index (χ4v) is 2.39. The molecule has 2 aromatic rings. The SMILES string of the molecule is CC(=O)NC(Cc1ccc(Br)cc1)C(=O)OCc1ccccc1. The van der Waals surface area contributed by atoms with Crippen molar-refractivity contribution in [3.63, 3.8) is 0 Å². The van der Waals surface area contributed by atoms with Crippen LogP contribution in [0.1, 0.15) is 18.1 Å². The summed E-state index contributed by atoms with van der Waals surface area (Å²) in [7, 11) is 0. The van der Waals surface area contributed by atoms with Crippen LogP contribution in [-0.2, 0) is 27.4 Å². The summed E-state index contributed by atoms with van der Waals surface area (Å²) in [5.41, 5.74) is 1.86. The quantitative estimate of drug-likeness (QED) is 0.788. The molecule has 4 nitrogen and oxygen atoms in total. The van der Waals surface area contributed by atoms with E-state index < -0.39 is 12.0 Å². The fraction of sp³-hybridized carbons (Fsp3) is 0.222. The Labute approximate surface area is 144 Å². The Morgan fingerprint density at radius 2 is 1.70 bits per heavy atom. The van der Waals surface area contributed by atoms with Gasteiger partial charge in [-0.15, -0.1) is 0 Å². The highest BCUT2D eigenvalue weighted by molar-refractivity contribution is 9.10. The van der Waals surface area contributed by atoms with E-state index in [-0.39, 0.29) is 12.5 Å². The van der Waals surface area contributed by atoms with Crippen LogP contribution in [0.3, 0.4) is 0 Å². The summed E-state index contributed by atoms with van der Waals surface area (Å²) >= 11 is 3.37. The third kappa shape index (κ3) is 5.87. The van der Waals surface area contributed by atoms with E-state index in [4.69, 9.17) is 4.74 Å². The molecule has 0 saturated carbocycles. The Kier molecular flexibility index (Phi) is 6.35. The normalized spacial score (nSPS) is 11.6. The lowest BCUT2D eigenvalue weighted by molar-refractivity contribution is -0.149. The highest BCUT2D eigenvalue weighted by atomic mass is 79.9. The van der Waals surface area contributed by atoms with Gasteiger partial charge in [0.1, 0.15) is 12.6 Å². The van der Waals surface area contributed by atoms with Gasteiger partial charge in [-0.3, -0.25) is 4.79 Å². The predicted molar refractivity (Wildman–Crippen MR) is 91.7 cm³/mol. The zero-order valence-electron chi connectivity index (χ0n) is 12.8. The zero-order chi connectivity index (χ0) is 16.7. The van der Waals surface area contributed by atoms with Gasteiger partial charge >= 0.3 is 5.97 Å². The summed E-state index contributed by atoms with van der Waals surface area (Å²) in [4.78, 5) is 23.6. The molecule has 1 unspecified atom stereocenters. The summed E-state index contributed by atoms with van der Waals surface area (Å²) in [6.45, 7) is 1.58. The molecule has 0 fully saturated rings. The smallest absolute Gasteiger partial charge is 0.329 e. The van der Waals surface area contributed by atoms with Crippen molar-refractivity contribution in [2.75, 3.05) is 0 Å². The lowest BCUT2D eigenvalue weighted by Crippen LogP contribution is -2.42. The highest BCUT2D eigenvalue weighted by Crippen LogP contribution is 2.13. The van der Waals surface area contributed by atoms with Crippen molar-refractivity contribution in [3.8, 4) is 0 Å². The monoisotopic (exact) mass is 375 g/mol. The van der Waals surface area contributed by atoms with Gasteiger partial charge in [0.2, 0.25) is 5.91 Å². The molecule has 1 atom stereocenters. The number of esters is 1. The van der Waals surface area contributed by atoms with Crippen LogP contribution in [-0.4, -0.2) is 17.9 Å². The van der Waals surface area contributed by atoms with Gasteiger partial charge in [-0.2, -0.15) is 0 Å². The molecule has 23 heavy (non-hydrogen) atoms. The standard InChI is InChI=1S/C18H18BrNO3/c1-13(21)20-17(11-14-7-9-16(19)10-8-14)18(22)23-12-15-5-3-2-4-6-15/h2-10,17H,11-12H2,1H3,(H,20,21). The Hall–Kier alpha value is -2.14. The minimum Gasteiger partial charge on any atom is -0.459 e. The minimum absolute atomic E-state index is 0.191. The van der Waals surface area contributed by atoms with Gasteiger partial charge in [-0.1, -0.05) is 58.4 Å². The van der Waals surface area contributed by atoms with Crippen LogP contribution in [0.15, 0.2) is 59.1 Å². The van der Waals surface area contributed by atoms with Gasteiger partial charge in [0, 0.05) is 17.8 Å². The number of carbonyl (C=O) groups is 2. The van der Waals surface area contributed by atoms with E-state index in [1.165, 1.54) is 6.92 Å². The van der Waals surface area contributed by atoms with Crippen molar-refractivity contribution in [2.45, 2.75) is 26.0 Å². The van der Waals surface area contributed by atoms with E-state index in [1.807, 2.05) is 54.6 Å². The Morgan fingerprint density at radius 1 is 1.04 bits per heavy atom. The third-order valence-corrected chi connectivity index (χ3v) is 3.77. The molecule has 120 valence electrons. The van der Waals surface area contributed by atoms with Gasteiger partial charge < -0.3 is 10.1 Å². The molecule has 0 aliphatic rings. The van der Waals surface area contributed by atoms with Gasteiger partial charge in [0.15, 0.2) is 0 Å². The zero-order valence-corrected chi connectivity index (χ0v) is 14.4. The first-order chi connectivity index (χ1) is 11.0. The molecule has 0 aliphatic heterocycles. The van der Waals surface area contributed by atoms with Gasteiger partial charge in [-0.05, 0) is 23.3 Å². The predicted octanol–water partition coefficient (Wildman–Crippen LogP) is 3.24. The second kappa shape index (κ2) is 8.48. The molecule has 0 bridgehead atoms. The van der Waals surface area contributed by atoms with E-state index in [0.29, 0.717) is 6.42 Å². The maximum Gasteiger partial charge on any atom is 0.329 e. The number of rotatable bonds is 6. The molecule has 1 N–H and O–H groups in total. The number of hydrogen-bond donors (Lipinski definition) is 1. The first kappa shape index (κ1) is 17.2. The number of benzene rings is 2. The molecular weight excluding hydrogens is 358 g/mol. The van der Waals surface area contributed by atoms with Crippen LogP contribution >= 0.6 is 15.9 Å². The van der Waals surface area contributed by atoms with Crippen LogP contribution < -0.4 is 5.32 Å². The van der Waals surface area contributed by atoms with Crippen molar-refractivity contribution in [2.24, 2.45) is 0 Å². The van der Waals surface area contributed by atoms with Gasteiger partial charge in [-0.25, -0.2) is 4.79 Å². The molecule has 0 aliphatic carbocycles. The molecule has 2 rings (SSSR count). The second-order valence-electron chi connectivity index (χ2n) is 5.18. The molecule has 0 saturated heterocycles. The summed E-state index contributed by atoms with van der Waals surface area (Å²) < 4.78 is 6.29. The molecule has 2 aromatic carbocycles. The topological polar surface area (TPSA) is 55.4 Å². The van der Waals surface area contributed by atoms with Crippen molar-refractivity contribution in [1.82, 2.24) is 5.32 Å². The first-order valence-electron chi connectivity index (χ1n) is 7.26. The largest absolute Gasteiger partial charge is 0.459 e. The van der Waals surface area contributed by atoms with E-state index in [2.05, 4.69) is 21.2 Å². The van der Waals surface area contributed by atoms with Gasteiger partial charge in [0.05, 0.1) is 0 Å². The maximum atomic E-state index is 12.3. The van der Waals surface area contributed by atoms with Gasteiger partial charge in [0.25, 0.3) is 0 Å². The third-order valence-electron chi connectivity index (χ3n) is 3.24. The Morgan fingerprint density at radius 3 is 2.30 bits per heavy atom. The van der Waals surface area contributed by atoms with Crippen LogP contribution in [0.5, 0.6) is 0 Å². The van der Waals surface area contributed by atoms with Crippen molar-refractivity contribution in [3.05, 3.63) is 70.2 Å². The van der Waals surface area contributed by atoms with E-state index in [9.17, 15) is 9.59 Å². The summed E-state index contributed by atoms with van der Waals surface area (Å²) in [6, 6.07) is 16.4. The fourth-order valence-electron chi connectivity index (χ4n) is 2.12. The van der Waals surface area contributed by atoms with E-state index >= 15 is 0 Å². The van der Waals surface area contributed by atoms with Crippen LogP contribution in [0, 0.1) is 0 Å². The summed E-state index contributed by atoms with van der Waals surface area (Å²) in [6.07, 6.45) is 0.389. The summed E-state index contributed by atoms with van der Waals surface area (Å²) in [5, 5.41) is 2.65. The highest BCUT2D eigenvalue weighted by Gasteiger charge is 2.21.